The van der Waals surface area contributed by atoms with Crippen molar-refractivity contribution in [1.82, 2.24) is 4.98 Å². The summed E-state index contributed by atoms with van der Waals surface area (Å²) in [6.07, 6.45) is 2.88. The maximum atomic E-state index is 5.60. The van der Waals surface area contributed by atoms with E-state index in [2.05, 4.69) is 50.6 Å². The van der Waals surface area contributed by atoms with Gasteiger partial charge in [0.1, 0.15) is 5.82 Å². The molecule has 0 bridgehead atoms. The lowest BCUT2D eigenvalue weighted by atomic mass is 10.1. The number of aromatic nitrogens is 1. The topological polar surface area (TPSA) is 42.1 Å². The average molecular weight is 263 g/mol. The summed E-state index contributed by atoms with van der Waals surface area (Å²) in [4.78, 5) is 7.09. The summed E-state index contributed by atoms with van der Waals surface area (Å²) in [6, 6.07) is 2.23. The Kier molecular flexibility index (Phi) is 6.29. The van der Waals surface area contributed by atoms with E-state index >= 15 is 0 Å². The quantitative estimate of drug-likeness (QED) is 0.822. The number of nitrogens with zero attached hydrogens (tertiary/aromatic N) is 2. The minimum Gasteiger partial charge on any atom is -0.356 e. The molecule has 2 N–H and O–H groups in total. The van der Waals surface area contributed by atoms with Gasteiger partial charge in [0.15, 0.2) is 0 Å². The molecule has 0 saturated heterocycles. The number of rotatable bonds is 7. The van der Waals surface area contributed by atoms with Gasteiger partial charge in [0.25, 0.3) is 0 Å². The van der Waals surface area contributed by atoms with Crippen LogP contribution in [0, 0.1) is 18.8 Å². The third kappa shape index (κ3) is 5.19. The molecule has 3 nitrogen and oxygen atoms in total. The van der Waals surface area contributed by atoms with Crippen LogP contribution in [0.4, 0.5) is 5.82 Å². The molecule has 0 atom stereocenters. The molecule has 0 aliphatic rings. The molecule has 108 valence electrons. The van der Waals surface area contributed by atoms with Crippen molar-refractivity contribution < 1.29 is 0 Å². The van der Waals surface area contributed by atoms with E-state index in [1.165, 1.54) is 11.1 Å². The molecule has 0 saturated carbocycles. The van der Waals surface area contributed by atoms with E-state index in [4.69, 9.17) is 5.73 Å². The van der Waals surface area contributed by atoms with Crippen molar-refractivity contribution in [2.24, 2.45) is 17.6 Å². The fourth-order valence-corrected chi connectivity index (χ4v) is 2.39. The third-order valence-corrected chi connectivity index (χ3v) is 3.01. The maximum absolute atomic E-state index is 5.60. The molecule has 1 rings (SSSR count). The van der Waals surface area contributed by atoms with Gasteiger partial charge in [-0.05, 0) is 42.9 Å². The molecule has 0 fully saturated rings. The molecule has 0 spiro atoms. The molecule has 0 aliphatic carbocycles. The zero-order valence-corrected chi connectivity index (χ0v) is 13.1. The van der Waals surface area contributed by atoms with Gasteiger partial charge in [-0.3, -0.25) is 0 Å². The Bertz CT molecular complexity index is 376. The molecule has 0 aliphatic heterocycles. The highest BCUT2D eigenvalue weighted by Gasteiger charge is 2.14. The fraction of sp³-hybridized carbons (Fsp3) is 0.688. The van der Waals surface area contributed by atoms with E-state index in [1.54, 1.807) is 0 Å². The van der Waals surface area contributed by atoms with Gasteiger partial charge >= 0.3 is 0 Å². The zero-order chi connectivity index (χ0) is 14.4. The van der Waals surface area contributed by atoms with E-state index < -0.39 is 0 Å². The van der Waals surface area contributed by atoms with Crippen LogP contribution in [0.25, 0.3) is 0 Å². The summed E-state index contributed by atoms with van der Waals surface area (Å²) in [7, 11) is 0. The molecular formula is C16H29N3. The Hall–Kier alpha value is -1.09. The van der Waals surface area contributed by atoms with Gasteiger partial charge in [0.2, 0.25) is 0 Å². The average Bonchev–Trinajstić information content (AvgIpc) is 2.27. The van der Waals surface area contributed by atoms with E-state index in [0.29, 0.717) is 18.4 Å². The Morgan fingerprint density at radius 3 is 2.16 bits per heavy atom. The second-order valence-electron chi connectivity index (χ2n) is 6.22. The first-order chi connectivity index (χ1) is 8.93. The number of hydrogen-bond acceptors (Lipinski definition) is 3. The first-order valence-corrected chi connectivity index (χ1v) is 7.34. The molecule has 19 heavy (non-hydrogen) atoms. The van der Waals surface area contributed by atoms with Crippen LogP contribution < -0.4 is 10.6 Å². The van der Waals surface area contributed by atoms with Gasteiger partial charge < -0.3 is 10.6 Å². The fourth-order valence-electron chi connectivity index (χ4n) is 2.39. The number of anilines is 1. The van der Waals surface area contributed by atoms with Gasteiger partial charge in [-0.1, -0.05) is 33.8 Å². The predicted molar refractivity (Wildman–Crippen MR) is 83.6 cm³/mol. The van der Waals surface area contributed by atoms with Crippen LogP contribution in [-0.4, -0.2) is 24.6 Å². The van der Waals surface area contributed by atoms with E-state index in [9.17, 15) is 0 Å². The minimum absolute atomic E-state index is 0.642. The van der Waals surface area contributed by atoms with Gasteiger partial charge in [-0.15, -0.1) is 0 Å². The summed E-state index contributed by atoms with van der Waals surface area (Å²) in [5, 5.41) is 0. The van der Waals surface area contributed by atoms with Crippen LogP contribution in [-0.2, 0) is 6.42 Å². The van der Waals surface area contributed by atoms with Crippen molar-refractivity contribution >= 4 is 5.82 Å². The summed E-state index contributed by atoms with van der Waals surface area (Å²) in [5.41, 5.74) is 8.09. The summed E-state index contributed by atoms with van der Waals surface area (Å²) >= 11 is 0. The molecule has 3 heteroatoms. The van der Waals surface area contributed by atoms with Crippen LogP contribution in [0.1, 0.15) is 38.8 Å². The van der Waals surface area contributed by atoms with Gasteiger partial charge in [-0.2, -0.15) is 0 Å². The highest BCUT2D eigenvalue weighted by atomic mass is 15.2. The number of nitrogens with two attached hydrogens (primary N) is 1. The van der Waals surface area contributed by atoms with Crippen LogP contribution in [0.15, 0.2) is 12.3 Å². The Labute approximate surface area is 118 Å². The second kappa shape index (κ2) is 7.49. The van der Waals surface area contributed by atoms with Crippen LogP contribution in [0.2, 0.25) is 0 Å². The molecule has 0 amide bonds. The molecule has 0 unspecified atom stereocenters. The summed E-state index contributed by atoms with van der Waals surface area (Å²) in [5.74, 6) is 2.41. The van der Waals surface area contributed by atoms with Gasteiger partial charge in [0.05, 0.1) is 0 Å². The first-order valence-electron chi connectivity index (χ1n) is 7.34. The van der Waals surface area contributed by atoms with Crippen molar-refractivity contribution in [1.29, 1.82) is 0 Å². The lowest BCUT2D eigenvalue weighted by molar-refractivity contribution is 0.548. The van der Waals surface area contributed by atoms with E-state index in [-0.39, 0.29) is 0 Å². The Morgan fingerprint density at radius 1 is 1.16 bits per heavy atom. The highest BCUT2D eigenvalue weighted by molar-refractivity contribution is 5.47. The third-order valence-electron chi connectivity index (χ3n) is 3.01. The standard InChI is InChI=1S/C16H29N3/c1-12(2)10-19(11-13(3)4)16-14(5)8-15(6-7-17)9-18-16/h8-9,12-13H,6-7,10-11,17H2,1-5H3. The van der Waals surface area contributed by atoms with Crippen molar-refractivity contribution in [3.05, 3.63) is 23.4 Å². The van der Waals surface area contributed by atoms with Crippen molar-refractivity contribution in [3.63, 3.8) is 0 Å². The lowest BCUT2D eigenvalue weighted by Crippen LogP contribution is -2.32. The zero-order valence-electron chi connectivity index (χ0n) is 13.1. The SMILES string of the molecule is Cc1cc(CCN)cnc1N(CC(C)C)CC(C)C. The van der Waals surface area contributed by atoms with Crippen molar-refractivity contribution in [2.45, 2.75) is 41.0 Å². The Balaban J connectivity index is 2.94. The van der Waals surface area contributed by atoms with Crippen LogP contribution in [0.5, 0.6) is 0 Å². The van der Waals surface area contributed by atoms with E-state index in [0.717, 1.165) is 25.3 Å². The summed E-state index contributed by atoms with van der Waals surface area (Å²) in [6.45, 7) is 14.0. The number of pyridine rings is 1. The number of hydrogen-bond donors (Lipinski definition) is 1. The molecule has 1 heterocycles. The monoisotopic (exact) mass is 263 g/mol. The molecular weight excluding hydrogens is 234 g/mol. The normalized spacial score (nSPS) is 11.4. The van der Waals surface area contributed by atoms with Crippen molar-refractivity contribution in [2.75, 3.05) is 24.5 Å². The van der Waals surface area contributed by atoms with Crippen LogP contribution in [0.3, 0.4) is 0 Å². The Morgan fingerprint density at radius 2 is 1.74 bits per heavy atom. The molecule has 1 aromatic heterocycles. The van der Waals surface area contributed by atoms with E-state index in [1.807, 2.05) is 6.20 Å². The van der Waals surface area contributed by atoms with Gasteiger partial charge in [0, 0.05) is 19.3 Å². The molecule has 0 aromatic carbocycles. The highest BCUT2D eigenvalue weighted by Crippen LogP contribution is 2.20. The van der Waals surface area contributed by atoms with Crippen molar-refractivity contribution in [3.8, 4) is 0 Å². The minimum atomic E-state index is 0.642. The maximum Gasteiger partial charge on any atom is 0.131 e. The molecule has 0 radical (unpaired) electrons. The van der Waals surface area contributed by atoms with Gasteiger partial charge in [-0.25, -0.2) is 4.98 Å². The second-order valence-corrected chi connectivity index (χ2v) is 6.22. The summed E-state index contributed by atoms with van der Waals surface area (Å²) < 4.78 is 0. The lowest BCUT2D eigenvalue weighted by Gasteiger charge is -2.29. The largest absolute Gasteiger partial charge is 0.356 e. The van der Waals surface area contributed by atoms with Crippen LogP contribution >= 0.6 is 0 Å². The predicted octanol–water partition coefficient (Wildman–Crippen LogP) is 3.01. The number of aryl methyl sites for hydroxylation is 1. The first kappa shape index (κ1) is 16.0. The smallest absolute Gasteiger partial charge is 0.131 e. The molecule has 1 aromatic rings.